The molecule has 5 nitrogen and oxygen atoms in total. The van der Waals surface area contributed by atoms with E-state index in [-0.39, 0.29) is 11.7 Å². The lowest BCUT2D eigenvalue weighted by Crippen LogP contribution is -2.44. The molecule has 98 valence electrons. The Hall–Kier alpha value is -1.27. The first-order valence-corrected chi connectivity index (χ1v) is 6.40. The summed E-state index contributed by atoms with van der Waals surface area (Å²) in [4.78, 5) is 12.0. The summed E-state index contributed by atoms with van der Waals surface area (Å²) in [5.41, 5.74) is 5.80. The molecule has 0 heterocycles. The molecule has 1 aromatic rings. The average Bonchev–Trinajstić information content (AvgIpc) is 2.34. The molecule has 0 saturated carbocycles. The molecule has 4 N–H and O–H groups in total. The van der Waals surface area contributed by atoms with Gasteiger partial charge in [-0.05, 0) is 24.6 Å². The Morgan fingerprint density at radius 1 is 1.67 bits per heavy atom. The van der Waals surface area contributed by atoms with Crippen molar-refractivity contribution in [2.45, 2.75) is 19.4 Å². The number of nitrogens with two attached hydrogens (primary N) is 1. The molecule has 0 fully saturated rings. The number of nitrogens with one attached hydrogen (secondary N) is 1. The van der Waals surface area contributed by atoms with Gasteiger partial charge in [-0.25, -0.2) is 0 Å². The summed E-state index contributed by atoms with van der Waals surface area (Å²) in [6.45, 7) is 1.81. The fraction of sp³-hybridized carbons (Fsp3) is 0.273. The fourth-order valence-corrected chi connectivity index (χ4v) is 2.12. The molecular formula is C11H13BrClN3O2. The molecule has 7 heteroatoms. The van der Waals surface area contributed by atoms with E-state index in [2.05, 4.69) is 26.4 Å². The summed E-state index contributed by atoms with van der Waals surface area (Å²) < 4.78 is 0.785. The minimum atomic E-state index is -0.526. The van der Waals surface area contributed by atoms with Crippen molar-refractivity contribution in [3.05, 3.63) is 33.3 Å². The Bertz CT molecular complexity index is 479. The van der Waals surface area contributed by atoms with Gasteiger partial charge in [0, 0.05) is 4.47 Å². The van der Waals surface area contributed by atoms with Crippen LogP contribution in [-0.4, -0.2) is 23.0 Å². The summed E-state index contributed by atoms with van der Waals surface area (Å²) in [6.07, 6.45) is 0.510. The van der Waals surface area contributed by atoms with Gasteiger partial charge in [-0.1, -0.05) is 39.6 Å². The second-order valence-corrected chi connectivity index (χ2v) is 4.91. The number of oxime groups is 1. The maximum atomic E-state index is 12.0. The zero-order valence-electron chi connectivity index (χ0n) is 9.65. The molecule has 0 bridgehead atoms. The first-order chi connectivity index (χ1) is 8.49. The van der Waals surface area contributed by atoms with E-state index >= 15 is 0 Å². The summed E-state index contributed by atoms with van der Waals surface area (Å²) in [5.74, 6) is -0.412. The van der Waals surface area contributed by atoms with Crippen molar-refractivity contribution < 1.29 is 10.0 Å². The quantitative estimate of drug-likeness (QED) is 0.342. The molecule has 1 atom stereocenters. The predicted molar refractivity (Wildman–Crippen MR) is 74.1 cm³/mol. The minimum Gasteiger partial charge on any atom is -0.409 e. The number of amidine groups is 1. The van der Waals surface area contributed by atoms with Gasteiger partial charge >= 0.3 is 0 Å². The van der Waals surface area contributed by atoms with Gasteiger partial charge in [0.25, 0.3) is 5.91 Å². The van der Waals surface area contributed by atoms with E-state index < -0.39 is 6.04 Å². The number of carbonyl (C=O) groups excluding carboxylic acids is 1. The van der Waals surface area contributed by atoms with Crippen molar-refractivity contribution in [2.24, 2.45) is 10.9 Å². The summed E-state index contributed by atoms with van der Waals surface area (Å²) in [7, 11) is 0. The maximum Gasteiger partial charge on any atom is 0.253 e. The van der Waals surface area contributed by atoms with E-state index in [1.165, 1.54) is 0 Å². The van der Waals surface area contributed by atoms with Crippen LogP contribution in [0, 0.1) is 0 Å². The van der Waals surface area contributed by atoms with E-state index in [1.54, 1.807) is 18.2 Å². The second kappa shape index (κ2) is 6.61. The second-order valence-electron chi connectivity index (χ2n) is 3.58. The highest BCUT2D eigenvalue weighted by atomic mass is 79.9. The molecule has 0 aliphatic heterocycles. The summed E-state index contributed by atoms with van der Waals surface area (Å²) >= 11 is 9.22. The number of carbonyl (C=O) groups is 1. The van der Waals surface area contributed by atoms with Crippen molar-refractivity contribution in [3.63, 3.8) is 0 Å². The largest absolute Gasteiger partial charge is 0.409 e. The van der Waals surface area contributed by atoms with Crippen molar-refractivity contribution in [1.82, 2.24) is 5.32 Å². The SMILES string of the molecule is CCC(NC(=O)c1ccc(Br)cc1Cl)/C(N)=N/O. The Balaban J connectivity index is 2.88. The Morgan fingerprint density at radius 2 is 2.33 bits per heavy atom. The van der Waals surface area contributed by atoms with Crippen molar-refractivity contribution in [3.8, 4) is 0 Å². The number of nitrogens with zero attached hydrogens (tertiary/aromatic N) is 1. The Morgan fingerprint density at radius 3 is 2.83 bits per heavy atom. The molecule has 1 aromatic carbocycles. The van der Waals surface area contributed by atoms with Crippen LogP contribution in [0.5, 0.6) is 0 Å². The molecule has 0 aromatic heterocycles. The van der Waals surface area contributed by atoms with E-state index in [0.29, 0.717) is 17.0 Å². The molecule has 0 spiro atoms. The van der Waals surface area contributed by atoms with Crippen LogP contribution in [0.15, 0.2) is 27.8 Å². The molecule has 0 aliphatic carbocycles. The zero-order chi connectivity index (χ0) is 13.7. The minimum absolute atomic E-state index is 0.0425. The number of hydrogen-bond acceptors (Lipinski definition) is 3. The number of amides is 1. The molecule has 0 aliphatic rings. The van der Waals surface area contributed by atoms with Crippen LogP contribution in [0.4, 0.5) is 0 Å². The van der Waals surface area contributed by atoms with Crippen LogP contribution in [-0.2, 0) is 0 Å². The normalized spacial score (nSPS) is 13.2. The average molecular weight is 335 g/mol. The fourth-order valence-electron chi connectivity index (χ4n) is 1.36. The van der Waals surface area contributed by atoms with Crippen LogP contribution in [0.2, 0.25) is 5.02 Å². The molecule has 1 rings (SSSR count). The van der Waals surface area contributed by atoms with E-state index in [1.807, 2.05) is 6.92 Å². The number of halogens is 2. The van der Waals surface area contributed by atoms with Crippen LogP contribution in [0.3, 0.4) is 0 Å². The molecule has 18 heavy (non-hydrogen) atoms. The lowest BCUT2D eigenvalue weighted by Gasteiger charge is -2.15. The third-order valence-corrected chi connectivity index (χ3v) is 3.17. The number of hydrogen-bond donors (Lipinski definition) is 3. The highest BCUT2D eigenvalue weighted by molar-refractivity contribution is 9.10. The number of benzene rings is 1. The zero-order valence-corrected chi connectivity index (χ0v) is 12.0. The standard InChI is InChI=1S/C11H13BrClN3O2/c1-2-9(10(14)16-18)15-11(17)7-4-3-6(12)5-8(7)13/h3-5,9,18H,2H2,1H3,(H2,14,16)(H,15,17). The third-order valence-electron chi connectivity index (χ3n) is 2.36. The molecule has 1 unspecified atom stereocenters. The van der Waals surface area contributed by atoms with Gasteiger partial charge in [0.2, 0.25) is 0 Å². The van der Waals surface area contributed by atoms with Gasteiger partial charge in [-0.2, -0.15) is 0 Å². The van der Waals surface area contributed by atoms with Crippen LogP contribution >= 0.6 is 27.5 Å². The van der Waals surface area contributed by atoms with Crippen molar-refractivity contribution in [1.29, 1.82) is 0 Å². The van der Waals surface area contributed by atoms with Gasteiger partial charge in [0.05, 0.1) is 16.6 Å². The first kappa shape index (κ1) is 14.8. The topological polar surface area (TPSA) is 87.7 Å². The molecular weight excluding hydrogens is 321 g/mol. The first-order valence-electron chi connectivity index (χ1n) is 5.23. The lowest BCUT2D eigenvalue weighted by molar-refractivity contribution is 0.0945. The van der Waals surface area contributed by atoms with Crippen LogP contribution < -0.4 is 11.1 Å². The van der Waals surface area contributed by atoms with Gasteiger partial charge in [-0.15, -0.1) is 0 Å². The van der Waals surface area contributed by atoms with Crippen LogP contribution in [0.25, 0.3) is 0 Å². The molecule has 0 saturated heterocycles. The van der Waals surface area contributed by atoms with Crippen molar-refractivity contribution in [2.75, 3.05) is 0 Å². The summed E-state index contributed by atoms with van der Waals surface area (Å²) in [5, 5.41) is 14.4. The van der Waals surface area contributed by atoms with E-state index in [4.69, 9.17) is 22.5 Å². The third kappa shape index (κ3) is 3.61. The Kier molecular flexibility index (Phi) is 5.43. The van der Waals surface area contributed by atoms with Gasteiger partial charge in [0.1, 0.15) is 0 Å². The summed E-state index contributed by atoms with van der Waals surface area (Å²) in [6, 6.07) is 4.41. The smallest absolute Gasteiger partial charge is 0.253 e. The monoisotopic (exact) mass is 333 g/mol. The number of rotatable bonds is 4. The lowest BCUT2D eigenvalue weighted by atomic mass is 10.1. The highest BCUT2D eigenvalue weighted by Gasteiger charge is 2.17. The van der Waals surface area contributed by atoms with Crippen molar-refractivity contribution >= 4 is 39.3 Å². The van der Waals surface area contributed by atoms with Crippen LogP contribution in [0.1, 0.15) is 23.7 Å². The van der Waals surface area contributed by atoms with E-state index in [9.17, 15) is 4.79 Å². The van der Waals surface area contributed by atoms with Gasteiger partial charge < -0.3 is 16.3 Å². The van der Waals surface area contributed by atoms with E-state index in [0.717, 1.165) is 4.47 Å². The Labute approximate surface area is 118 Å². The predicted octanol–water partition coefficient (Wildman–Crippen LogP) is 2.36. The van der Waals surface area contributed by atoms with Gasteiger partial charge in [-0.3, -0.25) is 4.79 Å². The molecule has 1 amide bonds. The maximum absolute atomic E-state index is 12.0. The van der Waals surface area contributed by atoms with Gasteiger partial charge in [0.15, 0.2) is 5.84 Å². The molecule has 0 radical (unpaired) electrons. The highest BCUT2D eigenvalue weighted by Crippen LogP contribution is 2.21.